The van der Waals surface area contributed by atoms with Crippen molar-refractivity contribution in [3.63, 3.8) is 0 Å². The number of aromatic nitrogens is 1. The van der Waals surface area contributed by atoms with Gasteiger partial charge in [-0.3, -0.25) is 0 Å². The van der Waals surface area contributed by atoms with Crippen LogP contribution in [0, 0.1) is 11.6 Å². The Balaban J connectivity index is 2.64. The molecule has 0 aliphatic rings. The Hall–Kier alpha value is -1.71. The van der Waals surface area contributed by atoms with Gasteiger partial charge < -0.3 is 5.32 Å². The van der Waals surface area contributed by atoms with Crippen LogP contribution in [0.5, 0.6) is 0 Å². The first-order chi connectivity index (χ1) is 9.32. The first-order valence-corrected chi connectivity index (χ1v) is 6.87. The molecule has 1 aromatic carbocycles. The highest BCUT2D eigenvalue weighted by Gasteiger charge is 2.20. The number of benzene rings is 1. The molecule has 0 bridgehead atoms. The van der Waals surface area contributed by atoms with Crippen molar-refractivity contribution < 1.29 is 8.78 Å². The van der Waals surface area contributed by atoms with Crippen LogP contribution in [0.25, 0.3) is 10.9 Å². The molecule has 0 saturated carbocycles. The number of hydrogen-bond donors (Lipinski definition) is 1. The maximum Gasteiger partial charge on any atom is 0.161 e. The third kappa shape index (κ3) is 2.89. The third-order valence-corrected chi connectivity index (χ3v) is 3.21. The Bertz CT molecular complexity index is 630. The largest absolute Gasteiger partial charge is 0.370 e. The molecule has 0 atom stereocenters. The summed E-state index contributed by atoms with van der Waals surface area (Å²) in [4.78, 5) is 4.46. The normalized spacial score (nSPS) is 11.9. The van der Waals surface area contributed by atoms with E-state index in [1.165, 1.54) is 6.07 Å². The van der Waals surface area contributed by atoms with Crippen molar-refractivity contribution in [2.45, 2.75) is 39.5 Å². The molecule has 2 aromatic rings. The molecule has 1 aromatic heterocycles. The second kappa shape index (κ2) is 5.35. The van der Waals surface area contributed by atoms with Crippen molar-refractivity contribution >= 4 is 16.7 Å². The number of nitrogens with zero attached hydrogens (tertiary/aromatic N) is 1. The monoisotopic (exact) mass is 278 g/mol. The molecule has 1 N–H and O–H groups in total. The van der Waals surface area contributed by atoms with Crippen molar-refractivity contribution in [2.24, 2.45) is 0 Å². The van der Waals surface area contributed by atoms with Gasteiger partial charge in [0.05, 0.1) is 5.52 Å². The predicted octanol–water partition coefficient (Wildman–Crippen LogP) is 4.63. The van der Waals surface area contributed by atoms with E-state index < -0.39 is 11.6 Å². The van der Waals surface area contributed by atoms with Gasteiger partial charge in [-0.2, -0.15) is 0 Å². The summed E-state index contributed by atoms with van der Waals surface area (Å²) in [6, 6.07) is 4.24. The molecule has 4 heteroatoms. The van der Waals surface area contributed by atoms with Gasteiger partial charge in [-0.25, -0.2) is 13.8 Å². The van der Waals surface area contributed by atoms with E-state index in [9.17, 15) is 8.78 Å². The van der Waals surface area contributed by atoms with Crippen LogP contribution in [0.3, 0.4) is 0 Å². The maximum atomic E-state index is 13.4. The Morgan fingerprint density at radius 3 is 2.35 bits per heavy atom. The van der Waals surface area contributed by atoms with Gasteiger partial charge in [0.1, 0.15) is 5.82 Å². The molecular formula is C16H20F2N2. The molecule has 0 aliphatic heterocycles. The van der Waals surface area contributed by atoms with Crippen LogP contribution in [-0.4, -0.2) is 11.5 Å². The minimum Gasteiger partial charge on any atom is -0.370 e. The number of anilines is 1. The molecule has 0 fully saturated rings. The molecule has 0 unspecified atom stereocenters. The summed E-state index contributed by atoms with van der Waals surface area (Å²) in [7, 11) is 0. The maximum absolute atomic E-state index is 13.4. The molecule has 2 nitrogen and oxygen atoms in total. The highest BCUT2D eigenvalue weighted by atomic mass is 19.2. The smallest absolute Gasteiger partial charge is 0.161 e. The topological polar surface area (TPSA) is 24.9 Å². The fraction of sp³-hybridized carbons (Fsp3) is 0.438. The standard InChI is InChI=1S/C16H20F2N2/c1-5-6-19-15-11(16(2,3)4)7-10-8-12(17)13(18)9-14(10)20-15/h7-9H,5-6H2,1-4H3,(H,19,20). The van der Waals surface area contributed by atoms with E-state index in [0.717, 1.165) is 30.4 Å². The van der Waals surface area contributed by atoms with Crippen LogP contribution < -0.4 is 5.32 Å². The van der Waals surface area contributed by atoms with Crippen LogP contribution in [0.1, 0.15) is 39.7 Å². The number of hydrogen-bond acceptors (Lipinski definition) is 2. The van der Waals surface area contributed by atoms with Gasteiger partial charge >= 0.3 is 0 Å². The number of halogens is 2. The summed E-state index contributed by atoms with van der Waals surface area (Å²) in [5.74, 6) is -0.957. The van der Waals surface area contributed by atoms with Gasteiger partial charge in [0, 0.05) is 23.6 Å². The van der Waals surface area contributed by atoms with Crippen molar-refractivity contribution in [1.82, 2.24) is 4.98 Å². The van der Waals surface area contributed by atoms with E-state index in [4.69, 9.17) is 0 Å². The van der Waals surface area contributed by atoms with Crippen LogP contribution in [0.4, 0.5) is 14.6 Å². The quantitative estimate of drug-likeness (QED) is 0.885. The zero-order chi connectivity index (χ0) is 14.9. The lowest BCUT2D eigenvalue weighted by atomic mass is 9.86. The lowest BCUT2D eigenvalue weighted by Gasteiger charge is -2.23. The second-order valence-corrected chi connectivity index (χ2v) is 6.02. The minimum absolute atomic E-state index is 0.123. The molecule has 108 valence electrons. The van der Waals surface area contributed by atoms with Gasteiger partial charge in [-0.05, 0) is 24.0 Å². The van der Waals surface area contributed by atoms with Crippen molar-refractivity contribution in [1.29, 1.82) is 0 Å². The fourth-order valence-electron chi connectivity index (χ4n) is 2.12. The van der Waals surface area contributed by atoms with Gasteiger partial charge in [-0.15, -0.1) is 0 Å². The first kappa shape index (κ1) is 14.7. The van der Waals surface area contributed by atoms with E-state index >= 15 is 0 Å². The Morgan fingerprint density at radius 2 is 1.75 bits per heavy atom. The Labute approximate surface area is 118 Å². The van der Waals surface area contributed by atoms with E-state index in [1.54, 1.807) is 0 Å². The molecule has 1 heterocycles. The zero-order valence-corrected chi connectivity index (χ0v) is 12.3. The summed E-state index contributed by atoms with van der Waals surface area (Å²) in [6.07, 6.45) is 0.973. The average molecular weight is 278 g/mol. The molecule has 0 radical (unpaired) electrons. The van der Waals surface area contributed by atoms with Crippen LogP contribution in [0.15, 0.2) is 18.2 Å². The van der Waals surface area contributed by atoms with Crippen LogP contribution in [0.2, 0.25) is 0 Å². The van der Waals surface area contributed by atoms with E-state index in [-0.39, 0.29) is 5.41 Å². The fourth-order valence-corrected chi connectivity index (χ4v) is 2.12. The third-order valence-electron chi connectivity index (χ3n) is 3.21. The zero-order valence-electron chi connectivity index (χ0n) is 12.3. The number of fused-ring (bicyclic) bond motifs is 1. The Morgan fingerprint density at radius 1 is 1.10 bits per heavy atom. The van der Waals surface area contributed by atoms with Gasteiger partial charge in [0.2, 0.25) is 0 Å². The molecule has 0 saturated heterocycles. The van der Waals surface area contributed by atoms with E-state index in [0.29, 0.717) is 10.9 Å². The van der Waals surface area contributed by atoms with Gasteiger partial charge in [0.15, 0.2) is 11.6 Å². The van der Waals surface area contributed by atoms with Gasteiger partial charge in [-0.1, -0.05) is 27.7 Å². The van der Waals surface area contributed by atoms with Crippen LogP contribution >= 0.6 is 0 Å². The number of nitrogens with one attached hydrogen (secondary N) is 1. The van der Waals surface area contributed by atoms with Crippen molar-refractivity contribution in [3.8, 4) is 0 Å². The predicted molar refractivity (Wildman–Crippen MR) is 79.1 cm³/mol. The van der Waals surface area contributed by atoms with E-state index in [1.807, 2.05) is 6.07 Å². The highest BCUT2D eigenvalue weighted by molar-refractivity contribution is 5.82. The summed E-state index contributed by atoms with van der Waals surface area (Å²) in [5.41, 5.74) is 1.35. The summed E-state index contributed by atoms with van der Waals surface area (Å²) in [5, 5.41) is 3.89. The first-order valence-electron chi connectivity index (χ1n) is 6.87. The van der Waals surface area contributed by atoms with Crippen LogP contribution in [-0.2, 0) is 5.41 Å². The number of rotatable bonds is 3. The molecule has 0 amide bonds. The molecule has 20 heavy (non-hydrogen) atoms. The SMILES string of the molecule is CCCNc1nc2cc(F)c(F)cc2cc1C(C)(C)C. The minimum atomic E-state index is -0.866. The van der Waals surface area contributed by atoms with Crippen molar-refractivity contribution in [3.05, 3.63) is 35.4 Å². The lowest BCUT2D eigenvalue weighted by molar-refractivity contribution is 0.510. The van der Waals surface area contributed by atoms with E-state index in [2.05, 4.69) is 38.0 Å². The van der Waals surface area contributed by atoms with Gasteiger partial charge in [0.25, 0.3) is 0 Å². The summed E-state index contributed by atoms with van der Waals surface area (Å²) < 4.78 is 26.7. The lowest BCUT2D eigenvalue weighted by Crippen LogP contribution is -2.16. The summed E-state index contributed by atoms with van der Waals surface area (Å²) in [6.45, 7) is 9.09. The molecule has 0 spiro atoms. The number of pyridine rings is 1. The highest BCUT2D eigenvalue weighted by Crippen LogP contribution is 2.31. The van der Waals surface area contributed by atoms with Crippen molar-refractivity contribution in [2.75, 3.05) is 11.9 Å². The second-order valence-electron chi connectivity index (χ2n) is 6.02. The molecule has 2 rings (SSSR count). The molecular weight excluding hydrogens is 258 g/mol. The molecule has 0 aliphatic carbocycles. The Kier molecular flexibility index (Phi) is 3.93. The summed E-state index contributed by atoms with van der Waals surface area (Å²) >= 11 is 0. The average Bonchev–Trinajstić information content (AvgIpc) is 2.36.